The molecule has 2 aliphatic rings. The number of fused-ring (bicyclic) bond motifs is 2. The maximum Gasteiger partial charge on any atom is 0.573 e. The first-order valence-electron chi connectivity index (χ1n) is 12.2. The Morgan fingerprint density at radius 1 is 1.05 bits per heavy atom. The van der Waals surface area contributed by atoms with Crippen LogP contribution < -0.4 is 19.1 Å². The Bertz CT molecular complexity index is 1440. The second-order valence-corrected chi connectivity index (χ2v) is 10.8. The number of benzene rings is 3. The van der Waals surface area contributed by atoms with Gasteiger partial charge in [-0.25, -0.2) is 13.3 Å². The minimum Gasteiger partial charge on any atom is -0.497 e. The molecule has 3 aromatic carbocycles. The fraction of sp³-hybridized carbons (Fsp3) is 0.259. The number of para-hydroxylation sites is 4. The maximum atomic E-state index is 14.1. The van der Waals surface area contributed by atoms with E-state index in [1.165, 1.54) is 18.4 Å². The molecular weight excluding hydrogens is 535 g/mol. The molecule has 39 heavy (non-hydrogen) atoms. The Balaban J connectivity index is 1.46. The van der Waals surface area contributed by atoms with Gasteiger partial charge in [0.25, 0.3) is 0 Å². The van der Waals surface area contributed by atoms with Crippen molar-refractivity contribution in [2.75, 3.05) is 18.1 Å². The highest BCUT2D eigenvalue weighted by Crippen LogP contribution is 2.49. The molecule has 0 saturated carbocycles. The topological polar surface area (TPSA) is 92.6 Å². The Morgan fingerprint density at radius 2 is 1.67 bits per heavy atom. The predicted octanol–water partition coefficient (Wildman–Crippen LogP) is 5.87. The van der Waals surface area contributed by atoms with Gasteiger partial charge in [-0.1, -0.05) is 31.2 Å². The number of hydrogen-bond acceptors (Lipinski definition) is 7. The van der Waals surface area contributed by atoms with Gasteiger partial charge in [-0.05, 0) is 55.0 Å². The highest BCUT2D eigenvalue weighted by Gasteiger charge is 2.38. The molecular formula is C27H26F3N3O5S. The van der Waals surface area contributed by atoms with Crippen LogP contribution >= 0.6 is 0 Å². The number of aliphatic hydroxyl groups excluding tert-OH is 1. The van der Waals surface area contributed by atoms with Gasteiger partial charge < -0.3 is 24.2 Å². The Hall–Kier alpha value is -3.74. The minimum absolute atomic E-state index is 0.0216. The third kappa shape index (κ3) is 5.68. The van der Waals surface area contributed by atoms with E-state index in [4.69, 9.17) is 9.47 Å². The SMILES string of the molecule is CCCN=S(=O)(N[C@H]1COC=C(N2c3ccccc3Oc3ccccc32)[C@H]1O)c1ccc(OC(F)(F)F)cc1. The third-order valence-electron chi connectivity index (χ3n) is 6.04. The molecule has 2 heterocycles. The summed E-state index contributed by atoms with van der Waals surface area (Å²) in [5.74, 6) is 0.726. The van der Waals surface area contributed by atoms with Gasteiger partial charge in [-0.3, -0.25) is 0 Å². The van der Waals surface area contributed by atoms with Gasteiger partial charge in [0, 0.05) is 6.54 Å². The zero-order valence-electron chi connectivity index (χ0n) is 20.8. The Labute approximate surface area is 223 Å². The summed E-state index contributed by atoms with van der Waals surface area (Å²) in [4.78, 5) is 1.97. The van der Waals surface area contributed by atoms with E-state index in [-0.39, 0.29) is 18.0 Å². The summed E-state index contributed by atoms with van der Waals surface area (Å²) in [5, 5.41) is 11.5. The van der Waals surface area contributed by atoms with E-state index in [9.17, 15) is 22.5 Å². The molecule has 0 saturated heterocycles. The van der Waals surface area contributed by atoms with Crippen LogP contribution in [0.2, 0.25) is 0 Å². The lowest BCUT2D eigenvalue weighted by molar-refractivity contribution is -0.274. The third-order valence-corrected chi connectivity index (χ3v) is 8.12. The lowest BCUT2D eigenvalue weighted by atomic mass is 10.0. The number of rotatable bonds is 7. The molecule has 0 aliphatic carbocycles. The van der Waals surface area contributed by atoms with Crippen molar-refractivity contribution in [2.45, 2.75) is 36.7 Å². The van der Waals surface area contributed by atoms with Crippen molar-refractivity contribution in [3.05, 3.63) is 84.8 Å². The van der Waals surface area contributed by atoms with E-state index in [1.54, 1.807) is 0 Å². The molecule has 2 N–H and O–H groups in total. The fourth-order valence-corrected chi connectivity index (χ4v) is 6.21. The molecule has 2 aliphatic heterocycles. The lowest BCUT2D eigenvalue weighted by Crippen LogP contribution is -2.51. The molecule has 3 aromatic rings. The van der Waals surface area contributed by atoms with Crippen LogP contribution in [0.3, 0.4) is 0 Å². The number of halogens is 3. The highest BCUT2D eigenvalue weighted by molar-refractivity contribution is 7.91. The number of anilines is 2. The molecule has 0 bridgehead atoms. The van der Waals surface area contributed by atoms with Crippen LogP contribution in [0.5, 0.6) is 17.2 Å². The van der Waals surface area contributed by atoms with Gasteiger partial charge in [0.1, 0.15) is 34.6 Å². The van der Waals surface area contributed by atoms with E-state index in [0.29, 0.717) is 35.0 Å². The summed E-state index contributed by atoms with van der Waals surface area (Å²) in [6, 6.07) is 18.5. The summed E-state index contributed by atoms with van der Waals surface area (Å²) in [6.07, 6.45) is -4.00. The van der Waals surface area contributed by atoms with Crippen LogP contribution in [0.15, 0.2) is 94.0 Å². The number of aliphatic hydroxyl groups is 1. The summed E-state index contributed by atoms with van der Waals surface area (Å²) in [6.45, 7) is 2.06. The molecule has 12 heteroatoms. The number of ether oxygens (including phenoxy) is 3. The van der Waals surface area contributed by atoms with Crippen LogP contribution in [0.4, 0.5) is 24.5 Å². The van der Waals surface area contributed by atoms with Crippen molar-refractivity contribution in [3.63, 3.8) is 0 Å². The largest absolute Gasteiger partial charge is 0.573 e. The van der Waals surface area contributed by atoms with Crippen LogP contribution in [0, 0.1) is 0 Å². The minimum atomic E-state index is -4.85. The maximum absolute atomic E-state index is 14.1. The molecule has 0 aromatic heterocycles. The van der Waals surface area contributed by atoms with Gasteiger partial charge in [-0.15, -0.1) is 13.2 Å². The van der Waals surface area contributed by atoms with E-state index in [1.807, 2.05) is 60.4 Å². The average molecular weight is 562 g/mol. The lowest BCUT2D eigenvalue weighted by Gasteiger charge is -2.39. The van der Waals surface area contributed by atoms with Crippen LogP contribution in [-0.2, 0) is 14.7 Å². The first-order valence-corrected chi connectivity index (χ1v) is 13.7. The van der Waals surface area contributed by atoms with Crippen molar-refractivity contribution >= 4 is 21.3 Å². The molecule has 5 rings (SSSR count). The van der Waals surface area contributed by atoms with E-state index in [0.717, 1.165) is 12.1 Å². The van der Waals surface area contributed by atoms with Crippen LogP contribution in [-0.4, -0.2) is 41.0 Å². The summed E-state index contributed by atoms with van der Waals surface area (Å²) < 4.78 is 74.8. The van der Waals surface area contributed by atoms with Gasteiger partial charge in [0.05, 0.1) is 28.0 Å². The van der Waals surface area contributed by atoms with Crippen molar-refractivity contribution in [1.29, 1.82) is 0 Å². The van der Waals surface area contributed by atoms with Crippen LogP contribution in [0.25, 0.3) is 0 Å². The smallest absolute Gasteiger partial charge is 0.497 e. The number of nitrogens with zero attached hydrogens (tertiary/aromatic N) is 2. The predicted molar refractivity (Wildman–Crippen MR) is 139 cm³/mol. The first kappa shape index (κ1) is 26.9. The van der Waals surface area contributed by atoms with Crippen molar-refractivity contribution in [3.8, 4) is 17.2 Å². The quantitative estimate of drug-likeness (QED) is 0.375. The molecule has 0 spiro atoms. The number of hydrogen-bond donors (Lipinski definition) is 2. The van der Waals surface area contributed by atoms with E-state index >= 15 is 0 Å². The molecule has 206 valence electrons. The van der Waals surface area contributed by atoms with Gasteiger partial charge >= 0.3 is 6.36 Å². The van der Waals surface area contributed by atoms with Crippen molar-refractivity contribution in [1.82, 2.24) is 4.72 Å². The number of nitrogens with one attached hydrogen (secondary N) is 1. The van der Waals surface area contributed by atoms with E-state index in [2.05, 4.69) is 13.8 Å². The molecule has 8 nitrogen and oxygen atoms in total. The second-order valence-electron chi connectivity index (χ2n) is 8.82. The Morgan fingerprint density at radius 3 is 2.26 bits per heavy atom. The first-order chi connectivity index (χ1) is 18.7. The second kappa shape index (κ2) is 10.8. The van der Waals surface area contributed by atoms with E-state index < -0.39 is 34.2 Å². The average Bonchev–Trinajstić information content (AvgIpc) is 2.91. The monoisotopic (exact) mass is 561 g/mol. The molecule has 1 unspecified atom stereocenters. The normalized spacial score (nSPS) is 19.9. The molecule has 0 amide bonds. The number of alkyl halides is 3. The molecule has 3 atom stereocenters. The molecule has 0 fully saturated rings. The molecule has 0 radical (unpaired) electrons. The Kier molecular flexibility index (Phi) is 7.43. The summed E-state index contributed by atoms with van der Waals surface area (Å²) >= 11 is 0. The zero-order valence-corrected chi connectivity index (χ0v) is 21.6. The van der Waals surface area contributed by atoms with Gasteiger partial charge in [0.2, 0.25) is 0 Å². The van der Waals surface area contributed by atoms with Crippen molar-refractivity contribution in [2.24, 2.45) is 4.36 Å². The summed E-state index contributed by atoms with van der Waals surface area (Å²) in [7, 11) is -3.37. The van der Waals surface area contributed by atoms with Crippen molar-refractivity contribution < 1.29 is 36.7 Å². The standard InChI is InChI=1S/C27H26F3N3O5S/c1-2-15-31-39(35,19-13-11-18(12-14-19)38-27(28,29)30)32-20-16-36-17-23(26(20)34)33-21-7-3-5-9-24(21)37-25-10-6-4-8-22(25)33/h3-14,17,20,26,34H,2,15-16H2,1H3,(H,31,32,35)/t20-,26-,39?/m0/s1. The van der Waals surface area contributed by atoms with Gasteiger partial charge in [0.15, 0.2) is 11.5 Å². The highest BCUT2D eigenvalue weighted by atomic mass is 32.2. The van der Waals surface area contributed by atoms with Gasteiger partial charge in [-0.2, -0.15) is 0 Å². The zero-order chi connectivity index (χ0) is 27.6. The fourth-order valence-electron chi connectivity index (χ4n) is 4.30. The van der Waals surface area contributed by atoms with Crippen LogP contribution in [0.1, 0.15) is 13.3 Å². The summed E-state index contributed by atoms with van der Waals surface area (Å²) in [5.41, 5.74) is 1.75.